The highest BCUT2D eigenvalue weighted by atomic mass is 79.9. The highest BCUT2D eigenvalue weighted by Crippen LogP contribution is 2.25. The van der Waals surface area contributed by atoms with Gasteiger partial charge in [0, 0.05) is 24.9 Å². The molecule has 0 aromatic carbocycles. The molecule has 2 rings (SSSR count). The van der Waals surface area contributed by atoms with Crippen molar-refractivity contribution in [1.29, 1.82) is 0 Å². The van der Waals surface area contributed by atoms with Crippen LogP contribution in [0.1, 0.15) is 30.8 Å². The lowest BCUT2D eigenvalue weighted by Gasteiger charge is -2.18. The van der Waals surface area contributed by atoms with Gasteiger partial charge in [-0.05, 0) is 34.5 Å². The molecule has 0 saturated heterocycles. The zero-order valence-electron chi connectivity index (χ0n) is 10.9. The molecule has 2 aromatic heterocycles. The molecule has 0 amide bonds. The van der Waals surface area contributed by atoms with Gasteiger partial charge < -0.3 is 0 Å². The minimum Gasteiger partial charge on any atom is -0.271 e. The molecule has 2 aromatic rings. The summed E-state index contributed by atoms with van der Waals surface area (Å²) in [5, 5.41) is 4.37. The van der Waals surface area contributed by atoms with Crippen molar-refractivity contribution in [2.45, 2.75) is 32.4 Å². The Morgan fingerprint density at radius 1 is 1.47 bits per heavy atom. The Morgan fingerprint density at radius 3 is 2.95 bits per heavy atom. The van der Waals surface area contributed by atoms with Crippen molar-refractivity contribution in [2.24, 2.45) is 5.84 Å². The molecule has 3 N–H and O–H groups in total. The molecule has 1 atom stereocenters. The SMILES string of the molecule is CCCn1ncc(Br)c1C(Cc1ccccn1)NN. The van der Waals surface area contributed by atoms with Gasteiger partial charge in [0.15, 0.2) is 0 Å². The van der Waals surface area contributed by atoms with Gasteiger partial charge >= 0.3 is 0 Å². The number of halogens is 1. The smallest absolute Gasteiger partial charge is 0.0713 e. The highest BCUT2D eigenvalue weighted by Gasteiger charge is 2.19. The van der Waals surface area contributed by atoms with E-state index in [1.165, 1.54) is 0 Å². The predicted octanol–water partition coefficient (Wildman–Crippen LogP) is 2.20. The Balaban J connectivity index is 2.24. The van der Waals surface area contributed by atoms with Gasteiger partial charge in [-0.2, -0.15) is 5.10 Å². The number of nitrogens with two attached hydrogens (primary N) is 1. The molecule has 19 heavy (non-hydrogen) atoms. The summed E-state index contributed by atoms with van der Waals surface area (Å²) in [6.45, 7) is 3.00. The lowest BCUT2D eigenvalue weighted by Crippen LogP contribution is -2.32. The molecule has 102 valence electrons. The second kappa shape index (κ2) is 6.79. The molecule has 0 spiro atoms. The normalized spacial score (nSPS) is 12.6. The summed E-state index contributed by atoms with van der Waals surface area (Å²) < 4.78 is 2.96. The van der Waals surface area contributed by atoms with Crippen molar-refractivity contribution in [2.75, 3.05) is 0 Å². The van der Waals surface area contributed by atoms with E-state index in [1.54, 1.807) is 6.20 Å². The summed E-state index contributed by atoms with van der Waals surface area (Å²) in [6.07, 6.45) is 5.36. The first-order valence-corrected chi connectivity index (χ1v) is 7.12. The molecule has 0 radical (unpaired) electrons. The summed E-state index contributed by atoms with van der Waals surface area (Å²) in [5.41, 5.74) is 4.93. The van der Waals surface area contributed by atoms with Gasteiger partial charge in [-0.1, -0.05) is 13.0 Å². The fourth-order valence-electron chi connectivity index (χ4n) is 2.07. The van der Waals surface area contributed by atoms with E-state index in [0.717, 1.165) is 35.2 Å². The van der Waals surface area contributed by atoms with Crippen LogP contribution in [0.15, 0.2) is 35.1 Å². The Bertz CT molecular complexity index is 511. The number of aromatic nitrogens is 3. The van der Waals surface area contributed by atoms with Gasteiger partial charge in [0.1, 0.15) is 0 Å². The maximum Gasteiger partial charge on any atom is 0.0713 e. The zero-order chi connectivity index (χ0) is 13.7. The van der Waals surface area contributed by atoms with Crippen LogP contribution in [0.5, 0.6) is 0 Å². The molecule has 0 fully saturated rings. The predicted molar refractivity (Wildman–Crippen MR) is 78.2 cm³/mol. The number of pyridine rings is 1. The average molecular weight is 324 g/mol. The standard InChI is InChI=1S/C13H18BrN5/c1-2-7-19-13(11(14)9-17-19)12(18-15)8-10-5-3-4-6-16-10/h3-6,9,12,18H,2,7-8,15H2,1H3. The van der Waals surface area contributed by atoms with Crippen LogP contribution >= 0.6 is 15.9 Å². The number of aryl methyl sites for hydroxylation is 1. The van der Waals surface area contributed by atoms with Crippen molar-refractivity contribution >= 4 is 15.9 Å². The molecule has 0 bridgehead atoms. The van der Waals surface area contributed by atoms with E-state index in [-0.39, 0.29) is 6.04 Å². The molecule has 1 unspecified atom stereocenters. The van der Waals surface area contributed by atoms with E-state index in [1.807, 2.05) is 29.1 Å². The van der Waals surface area contributed by atoms with E-state index in [2.05, 4.69) is 38.4 Å². The summed E-state index contributed by atoms with van der Waals surface area (Å²) in [6, 6.07) is 5.87. The fraction of sp³-hybridized carbons (Fsp3) is 0.385. The molecule has 6 heteroatoms. The van der Waals surface area contributed by atoms with E-state index in [9.17, 15) is 0 Å². The molecule has 0 aliphatic rings. The maximum absolute atomic E-state index is 5.71. The van der Waals surface area contributed by atoms with Gasteiger partial charge in [-0.3, -0.25) is 20.9 Å². The van der Waals surface area contributed by atoms with Gasteiger partial charge in [0.25, 0.3) is 0 Å². The lowest BCUT2D eigenvalue weighted by molar-refractivity contribution is 0.473. The molecule has 0 aliphatic heterocycles. The van der Waals surface area contributed by atoms with Crippen LogP contribution < -0.4 is 11.3 Å². The van der Waals surface area contributed by atoms with Gasteiger partial charge in [-0.25, -0.2) is 0 Å². The van der Waals surface area contributed by atoms with E-state index >= 15 is 0 Å². The number of rotatable bonds is 6. The quantitative estimate of drug-likeness (QED) is 0.631. The monoisotopic (exact) mass is 323 g/mol. The van der Waals surface area contributed by atoms with Crippen LogP contribution in [0.3, 0.4) is 0 Å². The molecule has 5 nitrogen and oxygen atoms in total. The number of hydrogen-bond donors (Lipinski definition) is 2. The van der Waals surface area contributed by atoms with E-state index in [0.29, 0.717) is 0 Å². The van der Waals surface area contributed by atoms with Crippen LogP contribution in [-0.4, -0.2) is 14.8 Å². The minimum atomic E-state index is -0.0154. The van der Waals surface area contributed by atoms with Crippen LogP contribution in [0, 0.1) is 0 Å². The first kappa shape index (κ1) is 14.2. The summed E-state index contributed by atoms with van der Waals surface area (Å²) in [4.78, 5) is 4.34. The van der Waals surface area contributed by atoms with Gasteiger partial charge in [-0.15, -0.1) is 0 Å². The van der Waals surface area contributed by atoms with Gasteiger partial charge in [0.2, 0.25) is 0 Å². The molecular formula is C13H18BrN5. The molecule has 2 heterocycles. The third-order valence-electron chi connectivity index (χ3n) is 2.94. The third kappa shape index (κ3) is 3.40. The van der Waals surface area contributed by atoms with Crippen LogP contribution in [0.4, 0.5) is 0 Å². The first-order chi connectivity index (χ1) is 9.26. The highest BCUT2D eigenvalue weighted by molar-refractivity contribution is 9.10. The Hall–Kier alpha value is -1.24. The second-order valence-corrected chi connectivity index (χ2v) is 5.20. The van der Waals surface area contributed by atoms with Crippen molar-refractivity contribution in [3.05, 3.63) is 46.5 Å². The Morgan fingerprint density at radius 2 is 2.32 bits per heavy atom. The average Bonchev–Trinajstić information content (AvgIpc) is 2.79. The lowest BCUT2D eigenvalue weighted by atomic mass is 10.1. The van der Waals surface area contributed by atoms with Crippen LogP contribution in [0.2, 0.25) is 0 Å². The van der Waals surface area contributed by atoms with E-state index < -0.39 is 0 Å². The number of hydrazine groups is 1. The number of nitrogens with one attached hydrogen (secondary N) is 1. The first-order valence-electron chi connectivity index (χ1n) is 6.33. The molecule has 0 saturated carbocycles. The van der Waals surface area contributed by atoms with Crippen molar-refractivity contribution in [3.8, 4) is 0 Å². The number of nitrogens with zero attached hydrogens (tertiary/aromatic N) is 3. The topological polar surface area (TPSA) is 68.8 Å². The Labute approximate surface area is 121 Å². The third-order valence-corrected chi connectivity index (χ3v) is 3.55. The van der Waals surface area contributed by atoms with Crippen LogP contribution in [-0.2, 0) is 13.0 Å². The zero-order valence-corrected chi connectivity index (χ0v) is 12.5. The van der Waals surface area contributed by atoms with Crippen molar-refractivity contribution < 1.29 is 0 Å². The largest absolute Gasteiger partial charge is 0.271 e. The summed E-state index contributed by atoms with van der Waals surface area (Å²) in [5.74, 6) is 5.71. The molecule has 0 aliphatic carbocycles. The van der Waals surface area contributed by atoms with Crippen molar-refractivity contribution in [1.82, 2.24) is 20.2 Å². The fourth-order valence-corrected chi connectivity index (χ4v) is 2.64. The second-order valence-electron chi connectivity index (χ2n) is 4.35. The summed E-state index contributed by atoms with van der Waals surface area (Å²) >= 11 is 3.54. The van der Waals surface area contributed by atoms with Crippen LogP contribution in [0.25, 0.3) is 0 Å². The molecular weight excluding hydrogens is 306 g/mol. The van der Waals surface area contributed by atoms with E-state index in [4.69, 9.17) is 5.84 Å². The number of hydrogen-bond acceptors (Lipinski definition) is 4. The summed E-state index contributed by atoms with van der Waals surface area (Å²) in [7, 11) is 0. The Kier molecular flexibility index (Phi) is 5.07. The minimum absolute atomic E-state index is 0.0154. The van der Waals surface area contributed by atoms with Gasteiger partial charge in [0.05, 0.1) is 22.4 Å². The van der Waals surface area contributed by atoms with Crippen molar-refractivity contribution in [3.63, 3.8) is 0 Å². The maximum atomic E-state index is 5.71.